The fourth-order valence-electron chi connectivity index (χ4n) is 1.73. The van der Waals surface area contributed by atoms with E-state index in [9.17, 15) is 9.59 Å². The van der Waals surface area contributed by atoms with E-state index < -0.39 is 18.1 Å². The highest BCUT2D eigenvalue weighted by molar-refractivity contribution is 5.86. The van der Waals surface area contributed by atoms with Crippen LogP contribution < -0.4 is 5.73 Å². The summed E-state index contributed by atoms with van der Waals surface area (Å²) in [6.45, 7) is 5.48. The third kappa shape index (κ3) is 3.81. The number of nitrogens with two attached hydrogens (primary N) is 1. The largest absolute Gasteiger partial charge is 0.480 e. The smallest absolute Gasteiger partial charge is 0.326 e. The van der Waals surface area contributed by atoms with E-state index in [0.29, 0.717) is 6.42 Å². The SMILES string of the molecule is CCCC(N)C(=O)N(C)[C@@H](C(=O)O)C(C)C. The van der Waals surface area contributed by atoms with Gasteiger partial charge in [0.1, 0.15) is 6.04 Å². The molecule has 0 heterocycles. The summed E-state index contributed by atoms with van der Waals surface area (Å²) in [6.07, 6.45) is 1.38. The first-order valence-electron chi connectivity index (χ1n) is 5.57. The molecule has 5 heteroatoms. The Morgan fingerprint density at radius 3 is 2.19 bits per heavy atom. The zero-order valence-electron chi connectivity index (χ0n) is 10.4. The lowest BCUT2D eigenvalue weighted by atomic mass is 10.0. The quantitative estimate of drug-likeness (QED) is 0.703. The number of carboxylic acids is 1. The maximum absolute atomic E-state index is 11.8. The second-order valence-electron chi connectivity index (χ2n) is 4.37. The maximum atomic E-state index is 11.8. The first kappa shape index (κ1) is 14.9. The topological polar surface area (TPSA) is 83.6 Å². The highest BCUT2D eigenvalue weighted by Gasteiger charge is 2.31. The number of carbonyl (C=O) groups excluding carboxylic acids is 1. The number of rotatable bonds is 6. The molecule has 0 aliphatic rings. The third-order valence-electron chi connectivity index (χ3n) is 2.57. The molecule has 0 fully saturated rings. The van der Waals surface area contributed by atoms with Gasteiger partial charge in [0.2, 0.25) is 5.91 Å². The molecule has 0 radical (unpaired) electrons. The Labute approximate surface area is 96.6 Å². The Kier molecular flexibility index (Phi) is 6.03. The number of carboxylic acid groups (broad SMARTS) is 1. The molecule has 3 N–H and O–H groups in total. The van der Waals surface area contributed by atoms with Crippen molar-refractivity contribution >= 4 is 11.9 Å². The summed E-state index contributed by atoms with van der Waals surface area (Å²) in [5.41, 5.74) is 5.68. The fraction of sp³-hybridized carbons (Fsp3) is 0.818. The Balaban J connectivity index is 4.67. The van der Waals surface area contributed by atoms with Gasteiger partial charge in [-0.1, -0.05) is 27.2 Å². The molecule has 0 aliphatic carbocycles. The molecular weight excluding hydrogens is 208 g/mol. The van der Waals surface area contributed by atoms with Crippen LogP contribution in [0.25, 0.3) is 0 Å². The van der Waals surface area contributed by atoms with Crippen LogP contribution in [-0.2, 0) is 9.59 Å². The Bertz CT molecular complexity index is 254. The highest BCUT2D eigenvalue weighted by Crippen LogP contribution is 2.11. The molecule has 1 unspecified atom stereocenters. The number of amides is 1. The number of aliphatic carboxylic acids is 1. The van der Waals surface area contributed by atoms with Crippen molar-refractivity contribution in [1.82, 2.24) is 4.90 Å². The van der Waals surface area contributed by atoms with E-state index in [1.165, 1.54) is 11.9 Å². The number of nitrogens with zero attached hydrogens (tertiary/aromatic N) is 1. The van der Waals surface area contributed by atoms with Crippen LogP contribution in [0, 0.1) is 5.92 Å². The summed E-state index contributed by atoms with van der Waals surface area (Å²) in [6, 6.07) is -1.41. The van der Waals surface area contributed by atoms with Crippen LogP contribution >= 0.6 is 0 Å². The van der Waals surface area contributed by atoms with Crippen molar-refractivity contribution < 1.29 is 14.7 Å². The highest BCUT2D eigenvalue weighted by atomic mass is 16.4. The number of hydrogen-bond donors (Lipinski definition) is 2. The molecule has 0 saturated heterocycles. The van der Waals surface area contributed by atoms with Gasteiger partial charge in [-0.2, -0.15) is 0 Å². The average Bonchev–Trinajstić information content (AvgIpc) is 2.15. The number of hydrogen-bond acceptors (Lipinski definition) is 3. The Hall–Kier alpha value is -1.10. The van der Waals surface area contributed by atoms with Crippen LogP contribution in [0.15, 0.2) is 0 Å². The van der Waals surface area contributed by atoms with Gasteiger partial charge >= 0.3 is 5.97 Å². The summed E-state index contributed by atoms with van der Waals surface area (Å²) in [4.78, 5) is 24.1. The minimum Gasteiger partial charge on any atom is -0.480 e. The van der Waals surface area contributed by atoms with Crippen molar-refractivity contribution in [2.24, 2.45) is 11.7 Å². The lowest BCUT2D eigenvalue weighted by Gasteiger charge is -2.29. The van der Waals surface area contributed by atoms with Crippen LogP contribution in [-0.4, -0.2) is 41.0 Å². The second kappa shape index (κ2) is 6.48. The summed E-state index contributed by atoms with van der Waals surface area (Å²) in [5.74, 6) is -1.43. The number of carbonyl (C=O) groups is 2. The monoisotopic (exact) mass is 230 g/mol. The molecule has 1 amide bonds. The van der Waals surface area contributed by atoms with Crippen molar-refractivity contribution in [3.63, 3.8) is 0 Å². The number of likely N-dealkylation sites (N-methyl/N-ethyl adjacent to an activating group) is 1. The second-order valence-corrected chi connectivity index (χ2v) is 4.37. The molecule has 0 aromatic heterocycles. The first-order valence-corrected chi connectivity index (χ1v) is 5.57. The molecular formula is C11H22N2O3. The molecule has 0 aliphatic heterocycles. The summed E-state index contributed by atoms with van der Waals surface area (Å²) >= 11 is 0. The van der Waals surface area contributed by atoms with Gasteiger partial charge in [0, 0.05) is 7.05 Å². The van der Waals surface area contributed by atoms with Gasteiger partial charge in [0.15, 0.2) is 0 Å². The minimum atomic E-state index is -0.991. The van der Waals surface area contributed by atoms with Crippen molar-refractivity contribution in [2.75, 3.05) is 7.05 Å². The van der Waals surface area contributed by atoms with E-state index in [1.807, 2.05) is 6.92 Å². The molecule has 16 heavy (non-hydrogen) atoms. The molecule has 5 nitrogen and oxygen atoms in total. The third-order valence-corrected chi connectivity index (χ3v) is 2.57. The van der Waals surface area contributed by atoms with Crippen LogP contribution in [0.5, 0.6) is 0 Å². The lowest BCUT2D eigenvalue weighted by molar-refractivity contribution is -0.151. The molecule has 0 spiro atoms. The lowest BCUT2D eigenvalue weighted by Crippen LogP contribution is -2.51. The molecule has 0 aromatic carbocycles. The van der Waals surface area contributed by atoms with Crippen molar-refractivity contribution in [3.8, 4) is 0 Å². The van der Waals surface area contributed by atoms with E-state index in [-0.39, 0.29) is 11.8 Å². The molecule has 94 valence electrons. The standard InChI is InChI=1S/C11H22N2O3/c1-5-6-8(12)10(14)13(4)9(7(2)3)11(15)16/h7-9H,5-6,12H2,1-4H3,(H,15,16)/t8?,9-/m1/s1. The Morgan fingerprint density at radius 2 is 1.88 bits per heavy atom. The van der Waals surface area contributed by atoms with Gasteiger partial charge in [-0.15, -0.1) is 0 Å². The van der Waals surface area contributed by atoms with Crippen LogP contribution in [0.1, 0.15) is 33.6 Å². The summed E-state index contributed by atoms with van der Waals surface area (Å²) in [5, 5.41) is 9.04. The molecule has 0 saturated carbocycles. The summed E-state index contributed by atoms with van der Waals surface area (Å²) < 4.78 is 0. The van der Waals surface area contributed by atoms with Crippen LogP contribution in [0.3, 0.4) is 0 Å². The predicted octanol–water partition coefficient (Wildman–Crippen LogP) is 0.681. The molecule has 0 bridgehead atoms. The van der Waals surface area contributed by atoms with Gasteiger partial charge in [-0.05, 0) is 12.3 Å². The molecule has 0 aromatic rings. The van der Waals surface area contributed by atoms with Crippen molar-refractivity contribution in [2.45, 2.75) is 45.7 Å². The van der Waals surface area contributed by atoms with Crippen LogP contribution in [0.4, 0.5) is 0 Å². The minimum absolute atomic E-state index is 0.139. The average molecular weight is 230 g/mol. The van der Waals surface area contributed by atoms with Crippen molar-refractivity contribution in [1.29, 1.82) is 0 Å². The summed E-state index contributed by atoms with van der Waals surface area (Å²) in [7, 11) is 1.50. The van der Waals surface area contributed by atoms with Crippen molar-refractivity contribution in [3.05, 3.63) is 0 Å². The Morgan fingerprint density at radius 1 is 1.38 bits per heavy atom. The molecule has 2 atom stereocenters. The predicted molar refractivity (Wildman–Crippen MR) is 61.9 cm³/mol. The van der Waals surface area contributed by atoms with E-state index in [4.69, 9.17) is 10.8 Å². The first-order chi connectivity index (χ1) is 7.32. The zero-order valence-corrected chi connectivity index (χ0v) is 10.4. The maximum Gasteiger partial charge on any atom is 0.326 e. The van der Waals surface area contributed by atoms with Gasteiger partial charge in [-0.25, -0.2) is 4.79 Å². The van der Waals surface area contributed by atoms with Gasteiger partial charge < -0.3 is 15.7 Å². The van der Waals surface area contributed by atoms with E-state index in [1.54, 1.807) is 13.8 Å². The van der Waals surface area contributed by atoms with Gasteiger partial charge in [-0.3, -0.25) is 4.79 Å². The van der Waals surface area contributed by atoms with E-state index in [2.05, 4.69) is 0 Å². The fourth-order valence-corrected chi connectivity index (χ4v) is 1.73. The van der Waals surface area contributed by atoms with E-state index >= 15 is 0 Å². The van der Waals surface area contributed by atoms with Gasteiger partial charge in [0.05, 0.1) is 6.04 Å². The molecule has 0 rings (SSSR count). The van der Waals surface area contributed by atoms with Gasteiger partial charge in [0.25, 0.3) is 0 Å². The van der Waals surface area contributed by atoms with E-state index in [0.717, 1.165) is 6.42 Å². The normalized spacial score (nSPS) is 14.6. The van der Waals surface area contributed by atoms with Crippen LogP contribution in [0.2, 0.25) is 0 Å². The zero-order chi connectivity index (χ0) is 12.9.